The maximum atomic E-state index is 13.5. The number of aromatic nitrogens is 5. The van der Waals surface area contributed by atoms with E-state index in [0.717, 1.165) is 31.2 Å². The van der Waals surface area contributed by atoms with Crippen molar-refractivity contribution in [2.45, 2.75) is 58.7 Å². The van der Waals surface area contributed by atoms with Crippen LogP contribution >= 0.6 is 0 Å². The third-order valence-electron chi connectivity index (χ3n) is 6.17. The highest BCUT2D eigenvalue weighted by molar-refractivity contribution is 5.93. The summed E-state index contributed by atoms with van der Waals surface area (Å²) in [6, 6.07) is 8.14. The van der Waals surface area contributed by atoms with E-state index in [1.807, 2.05) is 0 Å². The molecule has 0 radical (unpaired) electrons. The van der Waals surface area contributed by atoms with Crippen LogP contribution in [0.15, 0.2) is 30.3 Å². The highest BCUT2D eigenvalue weighted by atomic mass is 19.1. The molecule has 1 aliphatic rings. The minimum absolute atomic E-state index is 0.000501. The molecule has 0 spiro atoms. The molecule has 1 aliphatic carbocycles. The number of rotatable bonds is 7. The van der Waals surface area contributed by atoms with Crippen molar-refractivity contribution in [2.75, 3.05) is 0 Å². The first-order valence-corrected chi connectivity index (χ1v) is 11.6. The predicted molar refractivity (Wildman–Crippen MR) is 125 cm³/mol. The van der Waals surface area contributed by atoms with Crippen LogP contribution in [0.5, 0.6) is 0 Å². The first-order chi connectivity index (χ1) is 16.8. The number of amides is 2. The summed E-state index contributed by atoms with van der Waals surface area (Å²) in [5.74, 6) is 0.115. The summed E-state index contributed by atoms with van der Waals surface area (Å²) >= 11 is 0. The molecule has 2 heterocycles. The number of pyridine rings is 1. The second kappa shape index (κ2) is 10.6. The summed E-state index contributed by atoms with van der Waals surface area (Å²) in [5.41, 5.74) is 2.83. The zero-order valence-corrected chi connectivity index (χ0v) is 19.7. The zero-order chi connectivity index (χ0) is 24.9. The molecule has 3 aromatic rings. The van der Waals surface area contributed by atoms with Gasteiger partial charge in [-0.15, -0.1) is 10.2 Å². The first-order valence-electron chi connectivity index (χ1n) is 11.6. The molecule has 1 aromatic carbocycles. The van der Waals surface area contributed by atoms with Gasteiger partial charge in [-0.05, 0) is 80.0 Å². The quantitative estimate of drug-likeness (QED) is 0.471. The Balaban J connectivity index is 1.38. The summed E-state index contributed by atoms with van der Waals surface area (Å²) < 4.78 is 13.5. The van der Waals surface area contributed by atoms with Crippen molar-refractivity contribution in [2.24, 2.45) is 5.92 Å². The Labute approximate surface area is 202 Å². The van der Waals surface area contributed by atoms with Gasteiger partial charge in [0.1, 0.15) is 11.5 Å². The molecule has 11 heteroatoms. The van der Waals surface area contributed by atoms with Crippen molar-refractivity contribution in [3.63, 3.8) is 0 Å². The van der Waals surface area contributed by atoms with Gasteiger partial charge in [-0.3, -0.25) is 4.79 Å². The molecule has 2 aromatic heterocycles. The Morgan fingerprint density at radius 3 is 2.63 bits per heavy atom. The van der Waals surface area contributed by atoms with Crippen molar-refractivity contribution in [3.8, 4) is 11.4 Å². The zero-order valence-electron chi connectivity index (χ0n) is 19.7. The number of tetrazole rings is 1. The number of carboxylic acid groups (broad SMARTS) is 1. The summed E-state index contributed by atoms with van der Waals surface area (Å²) in [5, 5.41) is 27.0. The number of halogens is 1. The van der Waals surface area contributed by atoms with Gasteiger partial charge in [0.15, 0.2) is 0 Å². The van der Waals surface area contributed by atoms with Gasteiger partial charge in [0.2, 0.25) is 5.82 Å². The lowest BCUT2D eigenvalue weighted by Gasteiger charge is -2.27. The maximum absolute atomic E-state index is 13.5. The van der Waals surface area contributed by atoms with Crippen molar-refractivity contribution in [3.05, 3.63) is 58.7 Å². The summed E-state index contributed by atoms with van der Waals surface area (Å²) in [4.78, 5) is 29.4. The molecule has 4 rings (SSSR count). The van der Waals surface area contributed by atoms with E-state index in [1.54, 1.807) is 42.9 Å². The molecule has 1 fully saturated rings. The minimum atomic E-state index is -0.984. The average Bonchev–Trinajstić information content (AvgIpc) is 3.29. The number of aryl methyl sites for hydroxylation is 2. The van der Waals surface area contributed by atoms with E-state index in [4.69, 9.17) is 5.11 Å². The molecule has 0 aliphatic heterocycles. The number of benzene rings is 1. The van der Waals surface area contributed by atoms with Crippen LogP contribution in [0.25, 0.3) is 11.4 Å². The molecule has 1 saturated carbocycles. The van der Waals surface area contributed by atoms with Crippen LogP contribution in [0.1, 0.15) is 53.0 Å². The molecule has 10 nitrogen and oxygen atoms in total. The second-order valence-corrected chi connectivity index (χ2v) is 8.98. The van der Waals surface area contributed by atoms with Crippen LogP contribution in [0.2, 0.25) is 0 Å². The third kappa shape index (κ3) is 6.37. The molecule has 0 bridgehead atoms. The van der Waals surface area contributed by atoms with Gasteiger partial charge in [0.25, 0.3) is 5.91 Å². The number of carbonyl (C=O) groups is 2. The van der Waals surface area contributed by atoms with Crippen molar-refractivity contribution >= 4 is 12.0 Å². The standard InChI is InChI=1S/C24H28FN7O3/c1-14-9-17(5-8-20(14)25)12-26-23(33)21-11-18(10-15(2)27-21)22-29-31-32(30-22)13-16-3-6-19(7-4-16)28-24(34)35/h5,8-11,16,19,28H,3-4,6-7,12-13H2,1-2H3,(H,26,33)(H,34,35). The number of nitrogens with zero attached hydrogens (tertiary/aromatic N) is 5. The summed E-state index contributed by atoms with van der Waals surface area (Å²) in [6.07, 6.45) is 2.36. The Bertz CT molecular complexity index is 1220. The van der Waals surface area contributed by atoms with E-state index >= 15 is 0 Å². The summed E-state index contributed by atoms with van der Waals surface area (Å²) in [6.45, 7) is 4.32. The van der Waals surface area contributed by atoms with Crippen LogP contribution < -0.4 is 10.6 Å². The smallest absolute Gasteiger partial charge is 0.404 e. The van der Waals surface area contributed by atoms with E-state index < -0.39 is 6.09 Å². The largest absolute Gasteiger partial charge is 0.465 e. The molecule has 35 heavy (non-hydrogen) atoms. The van der Waals surface area contributed by atoms with Gasteiger partial charge in [0, 0.05) is 23.8 Å². The predicted octanol–water partition coefficient (Wildman–Crippen LogP) is 3.25. The monoisotopic (exact) mass is 481 g/mol. The molecular weight excluding hydrogens is 453 g/mol. The number of carbonyl (C=O) groups excluding carboxylic acids is 1. The maximum Gasteiger partial charge on any atom is 0.404 e. The molecule has 2 amide bonds. The van der Waals surface area contributed by atoms with Crippen LogP contribution in [-0.4, -0.2) is 48.3 Å². The normalized spacial score (nSPS) is 17.7. The Hall–Kier alpha value is -3.89. The van der Waals surface area contributed by atoms with Gasteiger partial charge < -0.3 is 15.7 Å². The fourth-order valence-corrected chi connectivity index (χ4v) is 4.33. The molecule has 0 unspecified atom stereocenters. The van der Waals surface area contributed by atoms with Crippen molar-refractivity contribution < 1.29 is 19.1 Å². The first kappa shape index (κ1) is 24.2. The van der Waals surface area contributed by atoms with E-state index in [9.17, 15) is 14.0 Å². The molecule has 0 saturated heterocycles. The third-order valence-corrected chi connectivity index (χ3v) is 6.17. The van der Waals surface area contributed by atoms with E-state index in [1.165, 1.54) is 6.07 Å². The highest BCUT2D eigenvalue weighted by Crippen LogP contribution is 2.25. The summed E-state index contributed by atoms with van der Waals surface area (Å²) in [7, 11) is 0. The SMILES string of the molecule is Cc1cc(-c2nnn(CC3CCC(NC(=O)O)CC3)n2)cc(C(=O)NCc2ccc(F)c(C)c2)n1. The fourth-order valence-electron chi connectivity index (χ4n) is 4.33. The van der Waals surface area contributed by atoms with Gasteiger partial charge in [-0.1, -0.05) is 12.1 Å². The second-order valence-electron chi connectivity index (χ2n) is 8.98. The molecule has 3 N–H and O–H groups in total. The highest BCUT2D eigenvalue weighted by Gasteiger charge is 2.23. The van der Waals surface area contributed by atoms with E-state index in [-0.39, 0.29) is 30.0 Å². The average molecular weight is 482 g/mol. The number of hydrogen-bond acceptors (Lipinski definition) is 6. The van der Waals surface area contributed by atoms with Crippen molar-refractivity contribution in [1.82, 2.24) is 35.8 Å². The van der Waals surface area contributed by atoms with Crippen LogP contribution in [-0.2, 0) is 13.1 Å². The van der Waals surface area contributed by atoms with E-state index in [2.05, 4.69) is 31.0 Å². The minimum Gasteiger partial charge on any atom is -0.465 e. The molecule has 0 atom stereocenters. The van der Waals surface area contributed by atoms with Crippen molar-refractivity contribution in [1.29, 1.82) is 0 Å². The number of nitrogens with one attached hydrogen (secondary N) is 2. The Kier molecular flexibility index (Phi) is 7.33. The topological polar surface area (TPSA) is 135 Å². The molecular formula is C24H28FN7O3. The number of hydrogen-bond donors (Lipinski definition) is 3. The van der Waals surface area contributed by atoms with Crippen LogP contribution in [0, 0.1) is 25.6 Å². The Morgan fingerprint density at radius 2 is 1.91 bits per heavy atom. The lowest BCUT2D eigenvalue weighted by molar-refractivity contribution is 0.0945. The lowest BCUT2D eigenvalue weighted by Crippen LogP contribution is -2.37. The van der Waals surface area contributed by atoms with Crippen LogP contribution in [0.4, 0.5) is 9.18 Å². The Morgan fingerprint density at radius 1 is 1.14 bits per heavy atom. The fraction of sp³-hybridized carbons (Fsp3) is 0.417. The lowest BCUT2D eigenvalue weighted by atomic mass is 9.86. The van der Waals surface area contributed by atoms with Crippen LogP contribution in [0.3, 0.4) is 0 Å². The van der Waals surface area contributed by atoms with Gasteiger partial charge in [-0.25, -0.2) is 14.2 Å². The van der Waals surface area contributed by atoms with E-state index in [0.29, 0.717) is 35.1 Å². The molecule has 184 valence electrons. The van der Waals surface area contributed by atoms with Gasteiger partial charge in [0.05, 0.1) is 6.54 Å². The van der Waals surface area contributed by atoms with Gasteiger partial charge in [-0.2, -0.15) is 4.80 Å². The van der Waals surface area contributed by atoms with Gasteiger partial charge >= 0.3 is 6.09 Å².